The van der Waals surface area contributed by atoms with E-state index in [9.17, 15) is 0 Å². The maximum atomic E-state index is 5.53. The fourth-order valence-electron chi connectivity index (χ4n) is 1.68. The largest absolute Gasteiger partial charge is 0.494 e. The Labute approximate surface area is 91.7 Å². The second-order valence-electron chi connectivity index (χ2n) is 4.12. The van der Waals surface area contributed by atoms with Crippen LogP contribution in [0.5, 0.6) is 0 Å². The Morgan fingerprint density at radius 2 is 2.07 bits per heavy atom. The van der Waals surface area contributed by atoms with Gasteiger partial charge in [0.15, 0.2) is 5.79 Å². The number of hydrogen-bond donors (Lipinski definition) is 0. The van der Waals surface area contributed by atoms with Crippen molar-refractivity contribution >= 4 is 0 Å². The second-order valence-corrected chi connectivity index (χ2v) is 4.12. The van der Waals surface area contributed by atoms with Crippen LogP contribution in [0.25, 0.3) is 0 Å². The van der Waals surface area contributed by atoms with Gasteiger partial charge in [0.1, 0.15) is 6.10 Å². The Morgan fingerprint density at radius 1 is 1.47 bits per heavy atom. The summed E-state index contributed by atoms with van der Waals surface area (Å²) >= 11 is 0. The van der Waals surface area contributed by atoms with E-state index >= 15 is 0 Å². The Morgan fingerprint density at radius 3 is 2.53 bits per heavy atom. The van der Waals surface area contributed by atoms with E-state index in [0.717, 1.165) is 0 Å². The van der Waals surface area contributed by atoms with Crippen molar-refractivity contribution in [1.29, 1.82) is 0 Å². The fourth-order valence-corrected chi connectivity index (χ4v) is 1.68. The molecule has 0 spiro atoms. The van der Waals surface area contributed by atoms with Crippen LogP contribution in [0.3, 0.4) is 0 Å². The lowest BCUT2D eigenvalue weighted by atomic mass is 10.1. The summed E-state index contributed by atoms with van der Waals surface area (Å²) in [5.74, 6) is -0.514. The summed E-state index contributed by atoms with van der Waals surface area (Å²) in [5.41, 5.74) is 1.21. The van der Waals surface area contributed by atoms with Crippen molar-refractivity contribution in [3.05, 3.63) is 24.5 Å². The van der Waals surface area contributed by atoms with Gasteiger partial charge in [0.2, 0.25) is 0 Å². The van der Waals surface area contributed by atoms with Gasteiger partial charge in [-0.05, 0) is 26.8 Å². The second kappa shape index (κ2) is 5.33. The highest BCUT2D eigenvalue weighted by Crippen LogP contribution is 2.26. The predicted molar refractivity (Wildman–Crippen MR) is 59.4 cm³/mol. The Bertz CT molecular complexity index is 235. The van der Waals surface area contributed by atoms with E-state index < -0.39 is 5.79 Å². The van der Waals surface area contributed by atoms with Crippen molar-refractivity contribution in [2.75, 3.05) is 13.2 Å². The van der Waals surface area contributed by atoms with Gasteiger partial charge < -0.3 is 14.2 Å². The molecule has 1 saturated heterocycles. The van der Waals surface area contributed by atoms with E-state index in [1.54, 1.807) is 0 Å². The highest BCUT2D eigenvalue weighted by atomic mass is 16.7. The van der Waals surface area contributed by atoms with Crippen LogP contribution in [0.2, 0.25) is 0 Å². The fraction of sp³-hybridized carbons (Fsp3) is 0.667. The Kier molecular flexibility index (Phi) is 4.36. The van der Waals surface area contributed by atoms with Gasteiger partial charge in [-0.25, -0.2) is 0 Å². The van der Waals surface area contributed by atoms with Gasteiger partial charge in [0.25, 0.3) is 0 Å². The molecule has 0 N–H and O–H groups in total. The minimum Gasteiger partial charge on any atom is -0.494 e. The van der Waals surface area contributed by atoms with Gasteiger partial charge in [-0.15, -0.1) is 0 Å². The highest BCUT2D eigenvalue weighted by molar-refractivity contribution is 5.00. The third-order valence-electron chi connectivity index (χ3n) is 2.26. The van der Waals surface area contributed by atoms with E-state index in [-0.39, 0.29) is 6.10 Å². The molecule has 0 aromatic heterocycles. The molecule has 0 bridgehead atoms. The quantitative estimate of drug-likeness (QED) is 0.518. The van der Waals surface area contributed by atoms with Crippen LogP contribution < -0.4 is 0 Å². The van der Waals surface area contributed by atoms with Crippen molar-refractivity contribution in [3.8, 4) is 0 Å². The average Bonchev–Trinajstić information content (AvgIpc) is 2.51. The first-order chi connectivity index (χ1) is 7.06. The van der Waals surface area contributed by atoms with Crippen LogP contribution >= 0.6 is 0 Å². The third kappa shape index (κ3) is 4.06. The van der Waals surface area contributed by atoms with Gasteiger partial charge >= 0.3 is 0 Å². The zero-order valence-electron chi connectivity index (χ0n) is 9.79. The zero-order chi connectivity index (χ0) is 11.3. The average molecular weight is 212 g/mol. The third-order valence-corrected chi connectivity index (χ3v) is 2.26. The SMILES string of the molecule is C=COC(C=C(C)C)CC1(C)OCCO1. The number of ether oxygens (including phenoxy) is 3. The molecule has 0 saturated carbocycles. The summed E-state index contributed by atoms with van der Waals surface area (Å²) in [7, 11) is 0. The molecule has 1 unspecified atom stereocenters. The van der Waals surface area contributed by atoms with Gasteiger partial charge in [0, 0.05) is 6.42 Å². The van der Waals surface area contributed by atoms with Gasteiger partial charge in [0.05, 0.1) is 19.5 Å². The molecule has 3 nitrogen and oxygen atoms in total. The normalized spacial score (nSPS) is 20.7. The molecule has 15 heavy (non-hydrogen) atoms. The minimum absolute atomic E-state index is 0.0319. The zero-order valence-corrected chi connectivity index (χ0v) is 9.79. The monoisotopic (exact) mass is 212 g/mol. The smallest absolute Gasteiger partial charge is 0.169 e. The predicted octanol–water partition coefficient (Wildman–Crippen LogP) is 2.63. The molecule has 0 aromatic rings. The lowest BCUT2D eigenvalue weighted by molar-refractivity contribution is -0.158. The Balaban J connectivity index is 2.57. The van der Waals surface area contributed by atoms with Crippen LogP contribution in [0.1, 0.15) is 27.2 Å². The topological polar surface area (TPSA) is 27.7 Å². The van der Waals surface area contributed by atoms with E-state index in [0.29, 0.717) is 19.6 Å². The molecule has 1 rings (SSSR count). The maximum absolute atomic E-state index is 5.53. The van der Waals surface area contributed by atoms with E-state index in [2.05, 4.69) is 12.7 Å². The Hall–Kier alpha value is -0.800. The molecule has 1 atom stereocenters. The molecule has 0 radical (unpaired) electrons. The molecule has 0 aliphatic carbocycles. The molecule has 1 fully saturated rings. The lowest BCUT2D eigenvalue weighted by Crippen LogP contribution is -2.31. The summed E-state index contributed by atoms with van der Waals surface area (Å²) in [5, 5.41) is 0. The van der Waals surface area contributed by atoms with Crippen LogP contribution in [-0.4, -0.2) is 25.1 Å². The first-order valence-corrected chi connectivity index (χ1v) is 5.25. The minimum atomic E-state index is -0.514. The summed E-state index contributed by atoms with van der Waals surface area (Å²) in [6, 6.07) is 0. The van der Waals surface area contributed by atoms with Crippen molar-refractivity contribution in [1.82, 2.24) is 0 Å². The molecule has 3 heteroatoms. The van der Waals surface area contributed by atoms with E-state index in [4.69, 9.17) is 14.2 Å². The van der Waals surface area contributed by atoms with Crippen molar-refractivity contribution in [2.24, 2.45) is 0 Å². The standard InChI is InChI=1S/C12H20O3/c1-5-13-11(8-10(2)3)9-12(4)14-6-7-15-12/h5,8,11H,1,6-7,9H2,2-4H3. The molecule has 0 amide bonds. The molecule has 0 aromatic carbocycles. The summed E-state index contributed by atoms with van der Waals surface area (Å²) in [4.78, 5) is 0. The van der Waals surface area contributed by atoms with E-state index in [1.165, 1.54) is 11.8 Å². The van der Waals surface area contributed by atoms with Crippen LogP contribution in [0, 0.1) is 0 Å². The first-order valence-electron chi connectivity index (χ1n) is 5.25. The van der Waals surface area contributed by atoms with Crippen molar-refractivity contribution < 1.29 is 14.2 Å². The van der Waals surface area contributed by atoms with Crippen LogP contribution in [0.4, 0.5) is 0 Å². The summed E-state index contributed by atoms with van der Waals surface area (Å²) < 4.78 is 16.5. The molecular formula is C12H20O3. The molecule has 1 aliphatic heterocycles. The van der Waals surface area contributed by atoms with Gasteiger partial charge in [-0.3, -0.25) is 0 Å². The van der Waals surface area contributed by atoms with Gasteiger partial charge in [-0.2, -0.15) is 0 Å². The van der Waals surface area contributed by atoms with Crippen LogP contribution in [-0.2, 0) is 14.2 Å². The highest BCUT2D eigenvalue weighted by Gasteiger charge is 2.33. The molecule has 86 valence electrons. The van der Waals surface area contributed by atoms with Crippen LogP contribution in [0.15, 0.2) is 24.5 Å². The lowest BCUT2D eigenvalue weighted by Gasteiger charge is -2.26. The molecule has 1 aliphatic rings. The number of hydrogen-bond acceptors (Lipinski definition) is 3. The summed E-state index contributed by atoms with van der Waals surface area (Å²) in [6.45, 7) is 10.9. The number of rotatable bonds is 5. The number of allylic oxidation sites excluding steroid dienone is 1. The van der Waals surface area contributed by atoms with Gasteiger partial charge in [-0.1, -0.05) is 12.2 Å². The van der Waals surface area contributed by atoms with Crippen molar-refractivity contribution in [2.45, 2.75) is 39.1 Å². The van der Waals surface area contributed by atoms with Crippen molar-refractivity contribution in [3.63, 3.8) is 0 Å². The summed E-state index contributed by atoms with van der Waals surface area (Å²) in [6.07, 6.45) is 4.17. The first kappa shape index (κ1) is 12.3. The molecular weight excluding hydrogens is 192 g/mol. The maximum Gasteiger partial charge on any atom is 0.169 e. The molecule has 1 heterocycles. The van der Waals surface area contributed by atoms with E-state index in [1.807, 2.05) is 20.8 Å².